The third kappa shape index (κ3) is 5.24. The molecule has 3 aromatic rings. The Morgan fingerprint density at radius 1 is 1.19 bits per heavy atom. The molecule has 0 bridgehead atoms. The van der Waals surface area contributed by atoms with Crippen LogP contribution in [-0.2, 0) is 7.05 Å². The Balaban J connectivity index is 1.59. The van der Waals surface area contributed by atoms with E-state index < -0.39 is 6.04 Å². The lowest BCUT2D eigenvalue weighted by Crippen LogP contribution is -2.40. The number of nitrogens with one attached hydrogen (secondary N) is 2. The van der Waals surface area contributed by atoms with E-state index >= 15 is 0 Å². The molecule has 140 valence electrons. The summed E-state index contributed by atoms with van der Waals surface area (Å²) in [5.74, 6) is 1.50. The number of halogens is 1. The lowest BCUT2D eigenvalue weighted by atomic mass is 10.1. The van der Waals surface area contributed by atoms with Crippen LogP contribution in [0.5, 0.6) is 5.75 Å². The van der Waals surface area contributed by atoms with Gasteiger partial charge in [-0.15, -0.1) is 0 Å². The van der Waals surface area contributed by atoms with E-state index in [0.29, 0.717) is 18.2 Å². The SMILES string of the molecule is Cn1ccnc1[C@H](NC(=O)NCCOc1ccccc1)c1ccc(Cl)cc1. The van der Waals surface area contributed by atoms with E-state index in [-0.39, 0.29) is 6.03 Å². The molecule has 27 heavy (non-hydrogen) atoms. The zero-order valence-electron chi connectivity index (χ0n) is 14.9. The molecular weight excluding hydrogens is 364 g/mol. The zero-order chi connectivity index (χ0) is 19.1. The van der Waals surface area contributed by atoms with Crippen LogP contribution in [0.15, 0.2) is 67.0 Å². The fourth-order valence-corrected chi connectivity index (χ4v) is 2.77. The van der Waals surface area contributed by atoms with Crippen molar-refractivity contribution in [2.45, 2.75) is 6.04 Å². The number of carbonyl (C=O) groups excluding carboxylic acids is 1. The van der Waals surface area contributed by atoms with E-state index in [1.165, 1.54) is 0 Å². The molecule has 0 aliphatic rings. The summed E-state index contributed by atoms with van der Waals surface area (Å²) < 4.78 is 7.45. The molecule has 1 atom stereocenters. The molecule has 1 aromatic heterocycles. The molecule has 0 saturated heterocycles. The standard InChI is InChI=1S/C20H21ClN4O2/c1-25-13-11-22-19(25)18(15-7-9-16(21)10-8-15)24-20(26)23-12-14-27-17-5-3-2-4-6-17/h2-11,13,18H,12,14H2,1H3,(H2,23,24,26)/t18-/m1/s1. The summed E-state index contributed by atoms with van der Waals surface area (Å²) in [5.41, 5.74) is 0.893. The van der Waals surface area contributed by atoms with Crippen LogP contribution in [0.25, 0.3) is 0 Å². The predicted octanol–water partition coefficient (Wildman–Crippen LogP) is 3.54. The van der Waals surface area contributed by atoms with Gasteiger partial charge in [0.25, 0.3) is 0 Å². The minimum atomic E-state index is -0.391. The van der Waals surface area contributed by atoms with Crippen LogP contribution in [-0.4, -0.2) is 28.7 Å². The maximum absolute atomic E-state index is 12.4. The quantitative estimate of drug-likeness (QED) is 0.612. The van der Waals surface area contributed by atoms with Gasteiger partial charge >= 0.3 is 6.03 Å². The molecular formula is C20H21ClN4O2. The highest BCUT2D eigenvalue weighted by atomic mass is 35.5. The Kier molecular flexibility index (Phi) is 6.33. The summed E-state index contributed by atoms with van der Waals surface area (Å²) in [4.78, 5) is 16.7. The number of amides is 2. The van der Waals surface area contributed by atoms with Crippen molar-refractivity contribution in [3.63, 3.8) is 0 Å². The number of imidazole rings is 1. The topological polar surface area (TPSA) is 68.2 Å². The molecule has 0 saturated carbocycles. The van der Waals surface area contributed by atoms with Crippen LogP contribution in [0.1, 0.15) is 17.4 Å². The average Bonchev–Trinajstić information content (AvgIpc) is 3.11. The first kappa shape index (κ1) is 18.8. The number of ether oxygens (including phenoxy) is 1. The summed E-state index contributed by atoms with van der Waals surface area (Å²) in [5, 5.41) is 6.41. The van der Waals surface area contributed by atoms with Crippen LogP contribution in [0, 0.1) is 0 Å². The van der Waals surface area contributed by atoms with Crippen LogP contribution in [0.4, 0.5) is 4.79 Å². The molecule has 0 aliphatic heterocycles. The fourth-order valence-electron chi connectivity index (χ4n) is 2.64. The van der Waals surface area contributed by atoms with E-state index in [1.807, 2.05) is 60.3 Å². The van der Waals surface area contributed by atoms with Crippen molar-refractivity contribution in [3.05, 3.63) is 83.4 Å². The first-order valence-corrected chi connectivity index (χ1v) is 8.96. The van der Waals surface area contributed by atoms with Crippen molar-refractivity contribution in [2.75, 3.05) is 13.2 Å². The van der Waals surface area contributed by atoms with Crippen molar-refractivity contribution >= 4 is 17.6 Å². The van der Waals surface area contributed by atoms with Gasteiger partial charge in [-0.1, -0.05) is 41.9 Å². The number of hydrogen-bond acceptors (Lipinski definition) is 3. The van der Waals surface area contributed by atoms with Gasteiger partial charge in [0, 0.05) is 24.5 Å². The molecule has 2 aromatic carbocycles. The third-order valence-corrected chi connectivity index (χ3v) is 4.25. The Bertz CT molecular complexity index is 865. The highest BCUT2D eigenvalue weighted by Gasteiger charge is 2.20. The maximum Gasteiger partial charge on any atom is 0.315 e. The first-order valence-electron chi connectivity index (χ1n) is 8.58. The maximum atomic E-state index is 12.4. The van der Waals surface area contributed by atoms with E-state index in [2.05, 4.69) is 15.6 Å². The summed E-state index contributed by atoms with van der Waals surface area (Å²) in [6, 6.07) is 16.1. The molecule has 0 unspecified atom stereocenters. The first-order chi connectivity index (χ1) is 13.1. The smallest absolute Gasteiger partial charge is 0.315 e. The third-order valence-electron chi connectivity index (χ3n) is 3.99. The van der Waals surface area contributed by atoms with Gasteiger partial charge in [-0.3, -0.25) is 0 Å². The number of benzene rings is 2. The normalized spacial score (nSPS) is 11.6. The minimum absolute atomic E-state index is 0.297. The molecule has 2 N–H and O–H groups in total. The average molecular weight is 385 g/mol. The lowest BCUT2D eigenvalue weighted by molar-refractivity contribution is 0.234. The summed E-state index contributed by atoms with van der Waals surface area (Å²) in [6.07, 6.45) is 3.54. The Morgan fingerprint density at radius 2 is 1.93 bits per heavy atom. The van der Waals surface area contributed by atoms with Crippen molar-refractivity contribution in [2.24, 2.45) is 7.05 Å². The van der Waals surface area contributed by atoms with Gasteiger partial charge in [-0.25, -0.2) is 9.78 Å². The second kappa shape index (κ2) is 9.09. The zero-order valence-corrected chi connectivity index (χ0v) is 15.7. The monoisotopic (exact) mass is 384 g/mol. The Labute approximate surface area is 163 Å². The van der Waals surface area contributed by atoms with Gasteiger partial charge in [0.15, 0.2) is 0 Å². The van der Waals surface area contributed by atoms with Gasteiger partial charge in [0.2, 0.25) is 0 Å². The van der Waals surface area contributed by atoms with Gasteiger partial charge in [-0.05, 0) is 29.8 Å². The molecule has 1 heterocycles. The lowest BCUT2D eigenvalue weighted by Gasteiger charge is -2.19. The van der Waals surface area contributed by atoms with Crippen molar-refractivity contribution in [1.82, 2.24) is 20.2 Å². The number of aromatic nitrogens is 2. The minimum Gasteiger partial charge on any atom is -0.492 e. The molecule has 0 spiro atoms. The number of para-hydroxylation sites is 1. The Hall–Kier alpha value is -2.99. The number of hydrogen-bond donors (Lipinski definition) is 2. The van der Waals surface area contributed by atoms with Gasteiger partial charge in [0.1, 0.15) is 24.2 Å². The molecule has 0 radical (unpaired) electrons. The molecule has 6 nitrogen and oxygen atoms in total. The van der Waals surface area contributed by atoms with Gasteiger partial charge in [0.05, 0.1) is 6.54 Å². The summed E-state index contributed by atoms with van der Waals surface area (Å²) in [7, 11) is 1.89. The molecule has 0 fully saturated rings. The van der Waals surface area contributed by atoms with Crippen molar-refractivity contribution < 1.29 is 9.53 Å². The van der Waals surface area contributed by atoms with E-state index in [1.54, 1.807) is 18.3 Å². The van der Waals surface area contributed by atoms with Crippen LogP contribution < -0.4 is 15.4 Å². The van der Waals surface area contributed by atoms with Gasteiger partial charge in [-0.2, -0.15) is 0 Å². The van der Waals surface area contributed by atoms with Crippen LogP contribution >= 0.6 is 11.6 Å². The van der Waals surface area contributed by atoms with Gasteiger partial charge < -0.3 is 19.9 Å². The highest BCUT2D eigenvalue weighted by Crippen LogP contribution is 2.22. The van der Waals surface area contributed by atoms with E-state index in [0.717, 1.165) is 17.1 Å². The van der Waals surface area contributed by atoms with E-state index in [9.17, 15) is 4.79 Å². The second-order valence-electron chi connectivity index (χ2n) is 5.94. The summed E-state index contributed by atoms with van der Waals surface area (Å²) >= 11 is 5.98. The number of urea groups is 1. The van der Waals surface area contributed by atoms with Crippen molar-refractivity contribution in [3.8, 4) is 5.75 Å². The fraction of sp³-hybridized carbons (Fsp3) is 0.200. The number of carbonyl (C=O) groups is 1. The number of nitrogens with zero attached hydrogens (tertiary/aromatic N) is 2. The number of rotatable bonds is 7. The highest BCUT2D eigenvalue weighted by molar-refractivity contribution is 6.30. The molecule has 0 aliphatic carbocycles. The second-order valence-corrected chi connectivity index (χ2v) is 6.38. The van der Waals surface area contributed by atoms with Crippen molar-refractivity contribution in [1.29, 1.82) is 0 Å². The van der Waals surface area contributed by atoms with Crippen LogP contribution in [0.3, 0.4) is 0 Å². The molecule has 3 rings (SSSR count). The molecule has 2 amide bonds. The van der Waals surface area contributed by atoms with E-state index in [4.69, 9.17) is 16.3 Å². The summed E-state index contributed by atoms with van der Waals surface area (Å²) in [6.45, 7) is 0.764. The number of aryl methyl sites for hydroxylation is 1. The van der Waals surface area contributed by atoms with Crippen LogP contribution in [0.2, 0.25) is 5.02 Å². The predicted molar refractivity (Wildman–Crippen MR) is 105 cm³/mol. The largest absolute Gasteiger partial charge is 0.492 e. The molecule has 7 heteroatoms. The Morgan fingerprint density at radius 3 is 2.59 bits per heavy atom.